The Morgan fingerprint density at radius 1 is 1.10 bits per heavy atom. The van der Waals surface area contributed by atoms with Crippen molar-refractivity contribution in [2.45, 2.75) is 26.1 Å². The van der Waals surface area contributed by atoms with Crippen molar-refractivity contribution in [3.63, 3.8) is 0 Å². The molecule has 0 aromatic heterocycles. The number of carbonyl (C=O) groups is 3. The molecule has 0 unspecified atom stereocenters. The highest BCUT2D eigenvalue weighted by Crippen LogP contribution is 2.38. The Morgan fingerprint density at radius 3 is 2.19 bits per heavy atom. The second-order valence-corrected chi connectivity index (χ2v) is 6.77. The van der Waals surface area contributed by atoms with Crippen molar-refractivity contribution in [1.82, 2.24) is 10.2 Å². The van der Waals surface area contributed by atoms with Crippen molar-refractivity contribution in [2.75, 3.05) is 14.2 Å². The molecule has 0 aliphatic carbocycles. The number of benzene rings is 2. The van der Waals surface area contributed by atoms with Gasteiger partial charge in [0.1, 0.15) is 5.75 Å². The Morgan fingerprint density at radius 2 is 1.71 bits per heavy atom. The Balaban J connectivity index is 2.62. The first-order valence-electron chi connectivity index (χ1n) is 9.05. The highest BCUT2D eigenvalue weighted by atomic mass is 19.4. The number of nitrogens with one attached hydrogen (secondary N) is 1. The van der Waals surface area contributed by atoms with Gasteiger partial charge in [-0.25, -0.2) is 4.79 Å². The lowest BCUT2D eigenvalue weighted by Gasteiger charge is -2.23. The van der Waals surface area contributed by atoms with E-state index in [0.29, 0.717) is 28.0 Å². The van der Waals surface area contributed by atoms with E-state index in [0.717, 1.165) is 17.0 Å². The monoisotopic (exact) mass is 438 g/mol. The number of halogens is 3. The molecular weight excluding hydrogens is 417 g/mol. The lowest BCUT2D eigenvalue weighted by Crippen LogP contribution is -2.39. The second kappa shape index (κ2) is 9.50. The molecule has 7 nitrogen and oxygen atoms in total. The molecule has 0 fully saturated rings. The standard InChI is InChI=1S/C21H21F3N2O5/c1-12(27)25-20(30)26(2)11-16-14(10-18(28)29)6-9-17(31-3)19(16)13-4-7-15(8-5-13)21(22,23)24/h4-9H,10-11H2,1-3H3,(H,28,29)(H,25,27,30). The molecule has 31 heavy (non-hydrogen) atoms. The number of hydrogen-bond acceptors (Lipinski definition) is 4. The van der Waals surface area contributed by atoms with E-state index in [-0.39, 0.29) is 13.0 Å². The number of alkyl halides is 3. The number of aliphatic carboxylic acids is 1. The summed E-state index contributed by atoms with van der Waals surface area (Å²) in [6, 6.07) is 6.66. The number of carbonyl (C=O) groups excluding carboxylic acids is 2. The predicted molar refractivity (Wildman–Crippen MR) is 105 cm³/mol. The molecule has 0 saturated heterocycles. The van der Waals surface area contributed by atoms with Crippen molar-refractivity contribution in [2.24, 2.45) is 0 Å². The molecule has 2 aromatic rings. The Hall–Kier alpha value is -3.56. The van der Waals surface area contributed by atoms with Crippen LogP contribution in [0.5, 0.6) is 5.75 Å². The van der Waals surface area contributed by atoms with E-state index < -0.39 is 29.6 Å². The van der Waals surface area contributed by atoms with Gasteiger partial charge in [0.25, 0.3) is 0 Å². The van der Waals surface area contributed by atoms with E-state index in [9.17, 15) is 32.7 Å². The van der Waals surface area contributed by atoms with Gasteiger partial charge in [0.2, 0.25) is 5.91 Å². The number of methoxy groups -OCH3 is 1. The van der Waals surface area contributed by atoms with Crippen molar-refractivity contribution in [1.29, 1.82) is 0 Å². The van der Waals surface area contributed by atoms with Crippen molar-refractivity contribution < 1.29 is 37.4 Å². The molecule has 0 aliphatic rings. The zero-order valence-electron chi connectivity index (χ0n) is 17.0. The van der Waals surface area contributed by atoms with Crippen molar-refractivity contribution in [3.8, 4) is 16.9 Å². The van der Waals surface area contributed by atoms with Crippen LogP contribution in [0.3, 0.4) is 0 Å². The quantitative estimate of drug-likeness (QED) is 0.717. The summed E-state index contributed by atoms with van der Waals surface area (Å²) >= 11 is 0. The molecule has 0 aliphatic heterocycles. The number of carboxylic acid groups (broad SMARTS) is 1. The zero-order chi connectivity index (χ0) is 23.3. The van der Waals surface area contributed by atoms with Crippen LogP contribution in [-0.2, 0) is 28.7 Å². The topological polar surface area (TPSA) is 95.9 Å². The first kappa shape index (κ1) is 23.7. The first-order chi connectivity index (χ1) is 14.4. The Bertz CT molecular complexity index is 988. The molecule has 2 N–H and O–H groups in total. The average molecular weight is 438 g/mol. The minimum absolute atomic E-state index is 0.116. The SMILES string of the molecule is COc1ccc(CC(=O)O)c(CN(C)C(=O)NC(C)=O)c1-c1ccc(C(F)(F)F)cc1. The van der Waals surface area contributed by atoms with Gasteiger partial charge in [-0.15, -0.1) is 0 Å². The van der Waals surface area contributed by atoms with E-state index in [1.54, 1.807) is 0 Å². The molecule has 166 valence electrons. The minimum Gasteiger partial charge on any atom is -0.496 e. The third-order valence-corrected chi connectivity index (χ3v) is 4.46. The van der Waals surface area contributed by atoms with Crippen LogP contribution in [0, 0.1) is 0 Å². The Labute approximate surface area is 176 Å². The zero-order valence-corrected chi connectivity index (χ0v) is 17.0. The number of hydrogen-bond donors (Lipinski definition) is 2. The van der Waals surface area contributed by atoms with Crippen LogP contribution < -0.4 is 10.1 Å². The number of rotatable bonds is 6. The molecule has 0 heterocycles. The number of ether oxygens (including phenoxy) is 1. The lowest BCUT2D eigenvalue weighted by molar-refractivity contribution is -0.138. The maximum atomic E-state index is 13.0. The number of imide groups is 1. The lowest BCUT2D eigenvalue weighted by atomic mass is 9.92. The van der Waals surface area contributed by atoms with Crippen LogP contribution in [-0.4, -0.2) is 42.1 Å². The van der Waals surface area contributed by atoms with Gasteiger partial charge < -0.3 is 14.7 Å². The van der Waals surface area contributed by atoms with E-state index >= 15 is 0 Å². The van der Waals surface area contributed by atoms with Gasteiger partial charge in [-0.05, 0) is 34.9 Å². The molecule has 0 bridgehead atoms. The van der Waals surface area contributed by atoms with Gasteiger partial charge in [0, 0.05) is 26.1 Å². The third kappa shape index (κ3) is 5.97. The van der Waals surface area contributed by atoms with E-state index in [2.05, 4.69) is 5.32 Å². The smallest absolute Gasteiger partial charge is 0.416 e. The van der Waals surface area contributed by atoms with Crippen molar-refractivity contribution >= 4 is 17.9 Å². The fourth-order valence-electron chi connectivity index (χ4n) is 3.05. The summed E-state index contributed by atoms with van der Waals surface area (Å²) in [6.07, 6.45) is -4.89. The minimum atomic E-state index is -4.51. The summed E-state index contributed by atoms with van der Waals surface area (Å²) in [5.74, 6) is -1.40. The van der Waals surface area contributed by atoms with E-state index in [1.165, 1.54) is 45.3 Å². The van der Waals surface area contributed by atoms with Gasteiger partial charge in [-0.3, -0.25) is 14.9 Å². The largest absolute Gasteiger partial charge is 0.496 e. The van der Waals surface area contributed by atoms with Crippen LogP contribution in [0.25, 0.3) is 11.1 Å². The van der Waals surface area contributed by atoms with Crippen LogP contribution in [0.2, 0.25) is 0 Å². The highest BCUT2D eigenvalue weighted by Gasteiger charge is 2.30. The van der Waals surface area contributed by atoms with Gasteiger partial charge >= 0.3 is 18.2 Å². The summed E-state index contributed by atoms with van der Waals surface area (Å²) in [4.78, 5) is 35.9. The summed E-state index contributed by atoms with van der Waals surface area (Å²) in [5, 5.41) is 11.4. The molecule has 0 atom stereocenters. The van der Waals surface area contributed by atoms with E-state index in [4.69, 9.17) is 4.74 Å². The van der Waals surface area contributed by atoms with Gasteiger partial charge in [-0.2, -0.15) is 13.2 Å². The van der Waals surface area contributed by atoms with Gasteiger partial charge in [0.05, 0.1) is 19.1 Å². The predicted octanol–water partition coefficient (Wildman–Crippen LogP) is 3.70. The molecule has 3 amide bonds. The third-order valence-electron chi connectivity index (χ3n) is 4.46. The number of amides is 3. The Kier molecular flexibility index (Phi) is 7.27. The average Bonchev–Trinajstić information content (AvgIpc) is 2.67. The normalized spacial score (nSPS) is 11.0. The van der Waals surface area contributed by atoms with Gasteiger partial charge in [-0.1, -0.05) is 18.2 Å². The number of carboxylic acids is 1. The molecule has 2 rings (SSSR count). The van der Waals surface area contributed by atoms with Crippen molar-refractivity contribution in [3.05, 3.63) is 53.1 Å². The van der Waals surface area contributed by atoms with Crippen LogP contribution in [0.1, 0.15) is 23.6 Å². The van der Waals surface area contributed by atoms with Gasteiger partial charge in [0.15, 0.2) is 0 Å². The second-order valence-electron chi connectivity index (χ2n) is 6.77. The van der Waals surface area contributed by atoms with E-state index in [1.807, 2.05) is 0 Å². The fourth-order valence-corrected chi connectivity index (χ4v) is 3.05. The van der Waals surface area contributed by atoms with Crippen LogP contribution in [0.15, 0.2) is 36.4 Å². The molecule has 0 radical (unpaired) electrons. The van der Waals surface area contributed by atoms with Crippen LogP contribution >= 0.6 is 0 Å². The summed E-state index contributed by atoms with van der Waals surface area (Å²) < 4.78 is 44.2. The first-order valence-corrected chi connectivity index (χ1v) is 9.05. The maximum Gasteiger partial charge on any atom is 0.416 e. The highest BCUT2D eigenvalue weighted by molar-refractivity contribution is 5.93. The maximum absolute atomic E-state index is 13.0. The number of urea groups is 1. The molecule has 0 spiro atoms. The summed E-state index contributed by atoms with van der Waals surface area (Å²) in [6.45, 7) is 1.05. The summed E-state index contributed by atoms with van der Waals surface area (Å²) in [7, 11) is 2.77. The summed E-state index contributed by atoms with van der Waals surface area (Å²) in [5.41, 5.74) is 0.606. The molecule has 2 aromatic carbocycles. The molecule has 0 saturated carbocycles. The molecule has 10 heteroatoms. The number of nitrogens with zero attached hydrogens (tertiary/aromatic N) is 1. The van der Waals surface area contributed by atoms with Crippen LogP contribution in [0.4, 0.5) is 18.0 Å². The molecular formula is C21H21F3N2O5. The fraction of sp³-hybridized carbons (Fsp3) is 0.286.